The SMILES string of the molecule is COCc1onc(-c2ccc(F)cc2)c1C(Br)C=O. The average molecular weight is 328 g/mol. The lowest BCUT2D eigenvalue weighted by atomic mass is 10.0. The summed E-state index contributed by atoms with van der Waals surface area (Å²) >= 11 is 3.25. The van der Waals surface area contributed by atoms with Gasteiger partial charge in [0.1, 0.15) is 29.2 Å². The first-order valence-corrected chi connectivity index (χ1v) is 6.41. The summed E-state index contributed by atoms with van der Waals surface area (Å²) in [4.78, 5) is 10.4. The number of benzene rings is 1. The van der Waals surface area contributed by atoms with E-state index in [2.05, 4.69) is 21.1 Å². The minimum Gasteiger partial charge on any atom is -0.377 e. The third-order valence-corrected chi connectivity index (χ3v) is 3.26. The number of methoxy groups -OCH3 is 1. The van der Waals surface area contributed by atoms with Gasteiger partial charge in [-0.3, -0.25) is 0 Å². The average Bonchev–Trinajstić information content (AvgIpc) is 2.83. The second-order valence-corrected chi connectivity index (χ2v) is 4.83. The normalized spacial score (nSPS) is 12.4. The third kappa shape index (κ3) is 2.90. The zero-order valence-corrected chi connectivity index (χ0v) is 11.7. The molecule has 0 aliphatic carbocycles. The molecule has 0 spiro atoms. The minimum absolute atomic E-state index is 0.208. The topological polar surface area (TPSA) is 52.3 Å². The van der Waals surface area contributed by atoms with Gasteiger partial charge in [-0.1, -0.05) is 21.1 Å². The molecule has 0 aliphatic heterocycles. The van der Waals surface area contributed by atoms with Crippen LogP contribution in [0.25, 0.3) is 11.3 Å². The standard InChI is InChI=1S/C13H11BrFNO3/c1-18-7-11-12(10(14)6-17)13(16-19-11)8-2-4-9(15)5-3-8/h2-6,10H,7H2,1H3. The highest BCUT2D eigenvalue weighted by Crippen LogP contribution is 2.34. The van der Waals surface area contributed by atoms with Crippen LogP contribution in [0.1, 0.15) is 16.2 Å². The van der Waals surface area contributed by atoms with E-state index >= 15 is 0 Å². The fourth-order valence-corrected chi connectivity index (χ4v) is 2.21. The Hall–Kier alpha value is -1.53. The molecule has 2 rings (SSSR count). The molecule has 0 aliphatic rings. The van der Waals surface area contributed by atoms with E-state index in [1.807, 2.05) is 0 Å². The predicted octanol–water partition coefficient (Wildman–Crippen LogP) is 3.26. The third-order valence-electron chi connectivity index (χ3n) is 2.59. The van der Waals surface area contributed by atoms with E-state index in [0.29, 0.717) is 22.6 Å². The fraction of sp³-hybridized carbons (Fsp3) is 0.231. The Balaban J connectivity index is 2.50. The van der Waals surface area contributed by atoms with Gasteiger partial charge in [-0.25, -0.2) is 4.39 Å². The van der Waals surface area contributed by atoms with Crippen molar-refractivity contribution in [3.63, 3.8) is 0 Å². The molecule has 0 amide bonds. The number of nitrogens with zero attached hydrogens (tertiary/aromatic N) is 1. The lowest BCUT2D eigenvalue weighted by Gasteiger charge is -2.05. The van der Waals surface area contributed by atoms with Crippen molar-refractivity contribution in [2.24, 2.45) is 0 Å². The van der Waals surface area contributed by atoms with Crippen molar-refractivity contribution in [3.05, 3.63) is 41.4 Å². The maximum atomic E-state index is 12.9. The molecule has 0 fully saturated rings. The Morgan fingerprint density at radius 3 is 2.74 bits per heavy atom. The molecule has 4 nitrogen and oxygen atoms in total. The van der Waals surface area contributed by atoms with Crippen LogP contribution in [0.15, 0.2) is 28.8 Å². The summed E-state index contributed by atoms with van der Waals surface area (Å²) < 4.78 is 23.1. The van der Waals surface area contributed by atoms with E-state index in [4.69, 9.17) is 9.26 Å². The van der Waals surface area contributed by atoms with E-state index < -0.39 is 4.83 Å². The number of carbonyl (C=O) groups is 1. The van der Waals surface area contributed by atoms with Gasteiger partial charge in [0.15, 0.2) is 5.76 Å². The van der Waals surface area contributed by atoms with Crippen molar-refractivity contribution in [3.8, 4) is 11.3 Å². The molecule has 1 heterocycles. The number of aldehydes is 1. The Kier molecular flexibility index (Phi) is 4.44. The molecular formula is C13H11BrFNO3. The predicted molar refractivity (Wildman–Crippen MR) is 70.3 cm³/mol. The molecule has 0 N–H and O–H groups in total. The van der Waals surface area contributed by atoms with E-state index in [9.17, 15) is 9.18 Å². The van der Waals surface area contributed by atoms with Crippen LogP contribution in [-0.2, 0) is 16.1 Å². The van der Waals surface area contributed by atoms with Crippen LogP contribution in [-0.4, -0.2) is 18.6 Å². The molecule has 0 saturated heterocycles. The molecular weight excluding hydrogens is 317 g/mol. The number of rotatable bonds is 5. The van der Waals surface area contributed by atoms with Gasteiger partial charge in [-0.15, -0.1) is 0 Å². The Morgan fingerprint density at radius 2 is 2.16 bits per heavy atom. The summed E-state index contributed by atoms with van der Waals surface area (Å²) in [7, 11) is 1.52. The van der Waals surface area contributed by atoms with E-state index in [1.165, 1.54) is 19.2 Å². The first kappa shape index (κ1) is 13.9. The van der Waals surface area contributed by atoms with Gasteiger partial charge in [-0.2, -0.15) is 0 Å². The van der Waals surface area contributed by atoms with Crippen molar-refractivity contribution in [1.82, 2.24) is 5.16 Å². The lowest BCUT2D eigenvalue weighted by Crippen LogP contribution is -1.98. The molecule has 0 saturated carbocycles. The summed E-state index contributed by atoms with van der Waals surface area (Å²) in [6.07, 6.45) is 0.735. The molecule has 0 radical (unpaired) electrons. The molecule has 6 heteroatoms. The highest BCUT2D eigenvalue weighted by Gasteiger charge is 2.23. The van der Waals surface area contributed by atoms with Crippen LogP contribution in [0.3, 0.4) is 0 Å². The van der Waals surface area contributed by atoms with Gasteiger partial charge in [0.05, 0.1) is 0 Å². The van der Waals surface area contributed by atoms with Crippen molar-refractivity contribution < 1.29 is 18.4 Å². The number of ether oxygens (including phenoxy) is 1. The largest absolute Gasteiger partial charge is 0.377 e. The van der Waals surface area contributed by atoms with Crippen LogP contribution in [0.4, 0.5) is 4.39 Å². The molecule has 2 aromatic rings. The van der Waals surface area contributed by atoms with Crippen molar-refractivity contribution in [1.29, 1.82) is 0 Å². The Bertz CT molecular complexity index is 568. The van der Waals surface area contributed by atoms with Crippen LogP contribution >= 0.6 is 15.9 Å². The van der Waals surface area contributed by atoms with Crippen LogP contribution in [0.2, 0.25) is 0 Å². The number of halogens is 2. The van der Waals surface area contributed by atoms with E-state index in [0.717, 1.165) is 6.29 Å². The highest BCUT2D eigenvalue weighted by atomic mass is 79.9. The van der Waals surface area contributed by atoms with Crippen LogP contribution in [0.5, 0.6) is 0 Å². The Labute approximate surface area is 117 Å². The molecule has 19 heavy (non-hydrogen) atoms. The Morgan fingerprint density at radius 1 is 1.47 bits per heavy atom. The van der Waals surface area contributed by atoms with E-state index in [1.54, 1.807) is 12.1 Å². The number of hydrogen-bond acceptors (Lipinski definition) is 4. The molecule has 1 aromatic carbocycles. The first-order chi connectivity index (χ1) is 9.17. The fourth-order valence-electron chi connectivity index (χ4n) is 1.73. The van der Waals surface area contributed by atoms with Crippen molar-refractivity contribution >= 4 is 22.2 Å². The molecule has 1 unspecified atom stereocenters. The highest BCUT2D eigenvalue weighted by molar-refractivity contribution is 9.09. The zero-order valence-electron chi connectivity index (χ0n) is 10.1. The van der Waals surface area contributed by atoms with Crippen molar-refractivity contribution in [2.45, 2.75) is 11.4 Å². The van der Waals surface area contributed by atoms with Gasteiger partial charge in [0.25, 0.3) is 0 Å². The number of alkyl halides is 1. The maximum Gasteiger partial charge on any atom is 0.167 e. The second-order valence-electron chi connectivity index (χ2n) is 3.85. The smallest absolute Gasteiger partial charge is 0.167 e. The number of aromatic nitrogens is 1. The monoisotopic (exact) mass is 327 g/mol. The molecule has 1 aromatic heterocycles. The number of hydrogen-bond donors (Lipinski definition) is 0. The lowest BCUT2D eigenvalue weighted by molar-refractivity contribution is -0.107. The van der Waals surface area contributed by atoms with Gasteiger partial charge >= 0.3 is 0 Å². The quantitative estimate of drug-likeness (QED) is 0.624. The van der Waals surface area contributed by atoms with Gasteiger partial charge in [0, 0.05) is 18.2 Å². The molecule has 0 bridgehead atoms. The number of carbonyl (C=O) groups excluding carboxylic acids is 1. The van der Waals surface area contributed by atoms with Gasteiger partial charge in [0.2, 0.25) is 0 Å². The molecule has 1 atom stereocenters. The summed E-state index contributed by atoms with van der Waals surface area (Å²) in [5.74, 6) is 0.132. The summed E-state index contributed by atoms with van der Waals surface area (Å²) in [5, 5.41) is 3.94. The van der Waals surface area contributed by atoms with Gasteiger partial charge < -0.3 is 14.1 Å². The summed E-state index contributed by atoms with van der Waals surface area (Å²) in [5.41, 5.74) is 1.78. The minimum atomic E-state index is -0.552. The van der Waals surface area contributed by atoms with Crippen LogP contribution < -0.4 is 0 Å². The summed E-state index contributed by atoms with van der Waals surface area (Å²) in [6.45, 7) is 0.208. The maximum absolute atomic E-state index is 12.9. The van der Waals surface area contributed by atoms with E-state index in [-0.39, 0.29) is 12.4 Å². The zero-order chi connectivity index (χ0) is 13.8. The molecule has 100 valence electrons. The van der Waals surface area contributed by atoms with Crippen LogP contribution in [0, 0.1) is 5.82 Å². The first-order valence-electron chi connectivity index (χ1n) is 5.50. The van der Waals surface area contributed by atoms with Gasteiger partial charge in [-0.05, 0) is 24.3 Å². The summed E-state index contributed by atoms with van der Waals surface area (Å²) in [6, 6.07) is 5.82. The second kappa shape index (κ2) is 6.08. The van der Waals surface area contributed by atoms with Crippen molar-refractivity contribution in [2.75, 3.05) is 7.11 Å².